The average molecular weight is 243 g/mol. The fourth-order valence-electron chi connectivity index (χ4n) is 2.18. The molecule has 16 heavy (non-hydrogen) atoms. The topological polar surface area (TPSA) is 74.7 Å². The first-order valence-electron chi connectivity index (χ1n) is 5.08. The molecule has 6 heteroatoms. The minimum Gasteiger partial charge on any atom is -0.481 e. The number of aliphatic carboxylic acids is 1. The van der Waals surface area contributed by atoms with Crippen LogP contribution in [0.2, 0.25) is 0 Å². The number of ketones is 1. The third-order valence-corrected chi connectivity index (χ3v) is 4.61. The fourth-order valence-corrected chi connectivity index (χ4v) is 3.64. The van der Waals surface area contributed by atoms with Gasteiger partial charge in [0.2, 0.25) is 5.91 Å². The number of carbonyl (C=O) groups excluding carboxylic acids is 2. The summed E-state index contributed by atoms with van der Waals surface area (Å²) in [6.07, 6.45) is 0.506. The summed E-state index contributed by atoms with van der Waals surface area (Å²) in [6, 6.07) is 0. The number of nitrogens with zero attached hydrogens (tertiary/aromatic N) is 1. The molecule has 0 aromatic heterocycles. The number of hydrogen-bond donors (Lipinski definition) is 1. The molecule has 5 nitrogen and oxygen atoms in total. The molecule has 1 amide bonds. The van der Waals surface area contributed by atoms with E-state index < -0.39 is 11.4 Å². The maximum atomic E-state index is 11.3. The highest BCUT2D eigenvalue weighted by Gasteiger charge is 2.52. The zero-order valence-electron chi connectivity index (χ0n) is 8.93. The quantitative estimate of drug-likeness (QED) is 0.723. The summed E-state index contributed by atoms with van der Waals surface area (Å²) < 4.78 is 0. The van der Waals surface area contributed by atoms with Gasteiger partial charge in [-0.15, -0.1) is 11.8 Å². The minimum atomic E-state index is -1.08. The molecule has 0 radical (unpaired) electrons. The largest absolute Gasteiger partial charge is 0.481 e. The molecule has 0 bridgehead atoms. The predicted octanol–water partition coefficient (Wildman–Crippen LogP) is 0.342. The molecule has 0 saturated carbocycles. The van der Waals surface area contributed by atoms with Crippen LogP contribution in [0.5, 0.6) is 0 Å². The summed E-state index contributed by atoms with van der Waals surface area (Å²) >= 11 is 1.47. The van der Waals surface area contributed by atoms with Gasteiger partial charge in [0.1, 0.15) is 11.2 Å². The highest BCUT2D eigenvalue weighted by atomic mass is 32.2. The number of thioether (sulfide) groups is 1. The van der Waals surface area contributed by atoms with Gasteiger partial charge >= 0.3 is 5.97 Å². The number of amides is 1. The van der Waals surface area contributed by atoms with E-state index in [2.05, 4.69) is 0 Å². The summed E-state index contributed by atoms with van der Waals surface area (Å²) in [4.78, 5) is 35.3. The van der Waals surface area contributed by atoms with Gasteiger partial charge in [0.25, 0.3) is 0 Å². The van der Waals surface area contributed by atoms with Crippen LogP contribution in [0.1, 0.15) is 19.8 Å². The fraction of sp³-hybridized carbons (Fsp3) is 0.700. The van der Waals surface area contributed by atoms with E-state index in [1.54, 1.807) is 4.90 Å². The first-order chi connectivity index (χ1) is 7.44. The van der Waals surface area contributed by atoms with Crippen LogP contribution in [0.15, 0.2) is 0 Å². The van der Waals surface area contributed by atoms with Crippen molar-refractivity contribution in [3.05, 3.63) is 0 Å². The third-order valence-electron chi connectivity index (χ3n) is 3.08. The molecular formula is C10H13NO4S. The lowest BCUT2D eigenvalue weighted by atomic mass is 9.83. The first-order valence-corrected chi connectivity index (χ1v) is 6.13. The SMILES string of the molecule is CC(=O)CC1(C(=O)O)CS[C@@H]2CC(=O)N2C1. The van der Waals surface area contributed by atoms with Gasteiger partial charge in [0, 0.05) is 18.7 Å². The average Bonchev–Trinajstić information content (AvgIpc) is 2.18. The standard InChI is InChI=1S/C10H13NO4S/c1-6(12)3-10(9(14)15)4-11-7(13)2-8(11)16-5-10/h8H,2-5H2,1H3,(H,14,15)/t8-,10?/m1/s1. The van der Waals surface area contributed by atoms with Crippen molar-refractivity contribution in [2.75, 3.05) is 12.3 Å². The van der Waals surface area contributed by atoms with Gasteiger partial charge in [-0.2, -0.15) is 0 Å². The van der Waals surface area contributed by atoms with Gasteiger partial charge in [0.15, 0.2) is 0 Å². The Bertz CT molecular complexity index is 370. The van der Waals surface area contributed by atoms with E-state index in [1.165, 1.54) is 18.7 Å². The Hall–Kier alpha value is -1.04. The molecule has 2 atom stereocenters. The van der Waals surface area contributed by atoms with Crippen molar-refractivity contribution in [2.45, 2.75) is 25.1 Å². The van der Waals surface area contributed by atoms with Crippen molar-refractivity contribution in [3.63, 3.8) is 0 Å². The van der Waals surface area contributed by atoms with E-state index in [1.807, 2.05) is 0 Å². The number of hydrogen-bond acceptors (Lipinski definition) is 4. The number of carbonyl (C=O) groups is 3. The van der Waals surface area contributed by atoms with Crippen LogP contribution in [-0.4, -0.2) is 45.3 Å². The van der Waals surface area contributed by atoms with Crippen molar-refractivity contribution in [3.8, 4) is 0 Å². The first kappa shape index (κ1) is 11.4. The lowest BCUT2D eigenvalue weighted by Crippen LogP contribution is -2.61. The summed E-state index contributed by atoms with van der Waals surface area (Å²) in [6.45, 7) is 1.57. The maximum Gasteiger partial charge on any atom is 0.312 e. The Morgan fingerprint density at radius 3 is 2.81 bits per heavy atom. The number of rotatable bonds is 3. The highest BCUT2D eigenvalue weighted by molar-refractivity contribution is 8.00. The molecular weight excluding hydrogens is 230 g/mol. The molecule has 0 aliphatic carbocycles. The van der Waals surface area contributed by atoms with Gasteiger partial charge in [-0.25, -0.2) is 0 Å². The number of carboxylic acids is 1. The highest BCUT2D eigenvalue weighted by Crippen LogP contribution is 2.43. The van der Waals surface area contributed by atoms with Gasteiger partial charge in [-0.3, -0.25) is 14.4 Å². The van der Waals surface area contributed by atoms with Crippen LogP contribution in [0.25, 0.3) is 0 Å². The number of fused-ring (bicyclic) bond motifs is 1. The van der Waals surface area contributed by atoms with E-state index in [-0.39, 0.29) is 30.0 Å². The van der Waals surface area contributed by atoms with Gasteiger partial charge in [-0.05, 0) is 6.92 Å². The molecule has 2 rings (SSSR count). The van der Waals surface area contributed by atoms with Crippen LogP contribution in [0.4, 0.5) is 0 Å². The maximum absolute atomic E-state index is 11.3. The van der Waals surface area contributed by atoms with Gasteiger partial charge < -0.3 is 10.0 Å². The Morgan fingerprint density at radius 2 is 2.31 bits per heavy atom. The zero-order valence-corrected chi connectivity index (χ0v) is 9.75. The molecule has 0 aromatic rings. The second kappa shape index (κ2) is 3.76. The van der Waals surface area contributed by atoms with Crippen LogP contribution < -0.4 is 0 Å². The Morgan fingerprint density at radius 1 is 1.62 bits per heavy atom. The molecule has 2 heterocycles. The molecule has 2 aliphatic heterocycles. The smallest absolute Gasteiger partial charge is 0.312 e. The van der Waals surface area contributed by atoms with Crippen LogP contribution in [0.3, 0.4) is 0 Å². The van der Waals surface area contributed by atoms with Crippen LogP contribution in [-0.2, 0) is 14.4 Å². The molecule has 88 valence electrons. The lowest BCUT2D eigenvalue weighted by molar-refractivity contribution is -0.157. The predicted molar refractivity (Wildman–Crippen MR) is 57.9 cm³/mol. The Labute approximate surface area is 97.2 Å². The van der Waals surface area contributed by atoms with E-state index in [9.17, 15) is 19.5 Å². The van der Waals surface area contributed by atoms with Crippen molar-refractivity contribution in [1.29, 1.82) is 0 Å². The summed E-state index contributed by atoms with van der Waals surface area (Å²) in [5, 5.41) is 9.38. The lowest BCUT2D eigenvalue weighted by Gasteiger charge is -2.49. The zero-order chi connectivity index (χ0) is 11.9. The molecule has 2 saturated heterocycles. The second-order valence-corrected chi connectivity index (χ2v) is 5.62. The second-order valence-electron chi connectivity index (χ2n) is 4.46. The summed E-state index contributed by atoms with van der Waals surface area (Å²) in [5.41, 5.74) is -1.08. The molecule has 1 N–H and O–H groups in total. The van der Waals surface area contributed by atoms with E-state index in [0.29, 0.717) is 12.2 Å². The van der Waals surface area contributed by atoms with E-state index in [4.69, 9.17) is 0 Å². The third kappa shape index (κ3) is 1.71. The number of Topliss-reactive ketones (excluding diaryl/α,β-unsaturated/α-hetero) is 1. The van der Waals surface area contributed by atoms with Gasteiger partial charge in [-0.1, -0.05) is 0 Å². The molecule has 2 fully saturated rings. The minimum absolute atomic E-state index is 0.00579. The Kier molecular flexibility index (Phi) is 2.69. The van der Waals surface area contributed by atoms with Crippen molar-refractivity contribution in [2.24, 2.45) is 5.41 Å². The van der Waals surface area contributed by atoms with Crippen molar-refractivity contribution >= 4 is 29.4 Å². The molecule has 0 spiro atoms. The van der Waals surface area contributed by atoms with E-state index in [0.717, 1.165) is 0 Å². The van der Waals surface area contributed by atoms with E-state index >= 15 is 0 Å². The number of β-lactam (4-membered cyclic amide) rings is 1. The Balaban J connectivity index is 2.17. The summed E-state index contributed by atoms with van der Waals surface area (Å²) in [7, 11) is 0. The van der Waals surface area contributed by atoms with Gasteiger partial charge in [0.05, 0.1) is 11.8 Å². The number of carboxylic acid groups (broad SMARTS) is 1. The van der Waals surface area contributed by atoms with Crippen molar-refractivity contribution < 1.29 is 19.5 Å². The molecule has 2 aliphatic rings. The van der Waals surface area contributed by atoms with Crippen LogP contribution >= 0.6 is 11.8 Å². The molecule has 0 aromatic carbocycles. The monoisotopic (exact) mass is 243 g/mol. The molecule has 1 unspecified atom stereocenters. The van der Waals surface area contributed by atoms with Crippen molar-refractivity contribution in [1.82, 2.24) is 4.90 Å². The van der Waals surface area contributed by atoms with Crippen LogP contribution in [0, 0.1) is 5.41 Å². The summed E-state index contributed by atoms with van der Waals surface area (Å²) in [5.74, 6) is -0.717. The normalized spacial score (nSPS) is 32.9.